The number of amides is 2. The molecule has 0 saturated heterocycles. The molecule has 0 unspecified atom stereocenters. The van der Waals surface area contributed by atoms with E-state index >= 15 is 0 Å². The van der Waals surface area contributed by atoms with Gasteiger partial charge >= 0.3 is 0 Å². The zero-order valence-electron chi connectivity index (χ0n) is 21.0. The van der Waals surface area contributed by atoms with E-state index in [9.17, 15) is 18.0 Å². The zero-order chi connectivity index (χ0) is 25.6. The van der Waals surface area contributed by atoms with Crippen molar-refractivity contribution < 1.29 is 22.7 Å². The van der Waals surface area contributed by atoms with Crippen LogP contribution in [0.1, 0.15) is 37.5 Å². The van der Waals surface area contributed by atoms with Crippen molar-refractivity contribution in [3.05, 3.63) is 59.2 Å². The highest BCUT2D eigenvalue weighted by Crippen LogP contribution is 2.25. The molecule has 0 radical (unpaired) electrons. The second-order valence-corrected chi connectivity index (χ2v) is 10.7. The third-order valence-corrected chi connectivity index (χ3v) is 6.52. The van der Waals surface area contributed by atoms with Crippen LogP contribution in [0.2, 0.25) is 0 Å². The molecular weight excluding hydrogens is 454 g/mol. The van der Waals surface area contributed by atoms with E-state index in [0.29, 0.717) is 11.4 Å². The fourth-order valence-electron chi connectivity index (χ4n) is 3.54. The average Bonchev–Trinajstić information content (AvgIpc) is 2.75. The number of hydrogen-bond acceptors (Lipinski definition) is 5. The minimum absolute atomic E-state index is 0.105. The molecule has 0 spiro atoms. The summed E-state index contributed by atoms with van der Waals surface area (Å²) in [6.07, 6.45) is 1.07. The number of nitrogens with zero attached hydrogens (tertiary/aromatic N) is 2. The van der Waals surface area contributed by atoms with Gasteiger partial charge in [0.2, 0.25) is 21.8 Å². The first-order chi connectivity index (χ1) is 15.8. The van der Waals surface area contributed by atoms with E-state index in [-0.39, 0.29) is 18.5 Å². The molecule has 2 aromatic carbocycles. The van der Waals surface area contributed by atoms with Crippen LogP contribution in [0.5, 0.6) is 5.75 Å². The Hall–Kier alpha value is -3.07. The van der Waals surface area contributed by atoms with E-state index in [4.69, 9.17) is 4.74 Å². The van der Waals surface area contributed by atoms with Gasteiger partial charge in [-0.05, 0) is 69.5 Å². The first-order valence-corrected chi connectivity index (χ1v) is 13.0. The molecule has 186 valence electrons. The van der Waals surface area contributed by atoms with Gasteiger partial charge in [0, 0.05) is 12.6 Å². The van der Waals surface area contributed by atoms with Gasteiger partial charge < -0.3 is 15.0 Å². The van der Waals surface area contributed by atoms with Crippen LogP contribution in [-0.2, 0) is 26.2 Å². The average molecular weight is 490 g/mol. The van der Waals surface area contributed by atoms with Gasteiger partial charge in [-0.25, -0.2) is 8.42 Å². The molecule has 0 bridgehead atoms. The topological polar surface area (TPSA) is 96.0 Å². The van der Waals surface area contributed by atoms with Crippen molar-refractivity contribution in [1.29, 1.82) is 0 Å². The predicted molar refractivity (Wildman–Crippen MR) is 134 cm³/mol. The summed E-state index contributed by atoms with van der Waals surface area (Å²) in [5.74, 6) is -0.179. The number of carbonyl (C=O) groups excluding carboxylic acids is 2. The monoisotopic (exact) mass is 489 g/mol. The van der Waals surface area contributed by atoms with Crippen LogP contribution >= 0.6 is 0 Å². The predicted octanol–water partition coefficient (Wildman–Crippen LogP) is 3.02. The molecule has 34 heavy (non-hydrogen) atoms. The first-order valence-electron chi connectivity index (χ1n) is 11.1. The minimum Gasteiger partial charge on any atom is -0.497 e. The van der Waals surface area contributed by atoms with Crippen LogP contribution in [0.4, 0.5) is 5.69 Å². The normalized spacial score (nSPS) is 12.2. The summed E-state index contributed by atoms with van der Waals surface area (Å²) in [6, 6.07) is 11.7. The number of benzene rings is 2. The second-order valence-electron chi connectivity index (χ2n) is 8.77. The number of aryl methyl sites for hydroxylation is 2. The molecule has 8 nitrogen and oxygen atoms in total. The molecule has 1 atom stereocenters. The van der Waals surface area contributed by atoms with Gasteiger partial charge in [0.25, 0.3) is 0 Å². The molecule has 2 aromatic rings. The third-order valence-electron chi connectivity index (χ3n) is 5.40. The van der Waals surface area contributed by atoms with E-state index in [1.54, 1.807) is 45.2 Å². The Bertz CT molecular complexity index is 1130. The quantitative estimate of drug-likeness (QED) is 0.554. The van der Waals surface area contributed by atoms with E-state index in [2.05, 4.69) is 5.32 Å². The number of rotatable bonds is 10. The van der Waals surface area contributed by atoms with Crippen LogP contribution in [0.3, 0.4) is 0 Å². The highest BCUT2D eigenvalue weighted by atomic mass is 32.2. The summed E-state index contributed by atoms with van der Waals surface area (Å²) in [7, 11) is -2.22. The molecule has 0 fully saturated rings. The largest absolute Gasteiger partial charge is 0.497 e. The lowest BCUT2D eigenvalue weighted by atomic mass is 10.1. The summed E-state index contributed by atoms with van der Waals surface area (Å²) >= 11 is 0. The SMILES string of the molecule is COc1cccc(CN(C(=O)CN(c2cc(C)ccc2C)S(C)(=O)=O)[C@H](C)C(=O)NC(C)C)c1. The fourth-order valence-corrected chi connectivity index (χ4v) is 4.44. The van der Waals surface area contributed by atoms with E-state index in [1.165, 1.54) is 4.90 Å². The first kappa shape index (κ1) is 27.2. The molecule has 2 amide bonds. The Morgan fingerprint density at radius 2 is 1.74 bits per heavy atom. The zero-order valence-corrected chi connectivity index (χ0v) is 21.8. The van der Waals surface area contributed by atoms with Gasteiger partial charge in [-0.1, -0.05) is 24.3 Å². The summed E-state index contributed by atoms with van der Waals surface area (Å²) in [5, 5.41) is 2.83. The molecule has 1 N–H and O–H groups in total. The molecule has 0 aliphatic heterocycles. The molecular formula is C25H35N3O5S. The minimum atomic E-state index is -3.77. The third kappa shape index (κ3) is 7.21. The van der Waals surface area contributed by atoms with Crippen molar-refractivity contribution in [1.82, 2.24) is 10.2 Å². The summed E-state index contributed by atoms with van der Waals surface area (Å²) < 4.78 is 31.8. The van der Waals surface area contributed by atoms with Gasteiger partial charge in [-0.3, -0.25) is 13.9 Å². The van der Waals surface area contributed by atoms with Crippen LogP contribution in [0, 0.1) is 13.8 Å². The number of ether oxygens (including phenoxy) is 1. The highest BCUT2D eigenvalue weighted by Gasteiger charge is 2.30. The second kappa shape index (κ2) is 11.4. The maximum Gasteiger partial charge on any atom is 0.244 e. The summed E-state index contributed by atoms with van der Waals surface area (Å²) in [5.41, 5.74) is 2.80. The van der Waals surface area contributed by atoms with Crippen molar-refractivity contribution in [2.75, 3.05) is 24.2 Å². The number of sulfonamides is 1. The molecule has 2 rings (SSSR count). The number of nitrogens with one attached hydrogen (secondary N) is 1. The molecule has 0 saturated carbocycles. The number of hydrogen-bond donors (Lipinski definition) is 1. The molecule has 0 aliphatic rings. The van der Waals surface area contributed by atoms with Gasteiger partial charge in [0.05, 0.1) is 19.1 Å². The Balaban J connectivity index is 2.45. The van der Waals surface area contributed by atoms with E-state index < -0.39 is 28.5 Å². The lowest BCUT2D eigenvalue weighted by Crippen LogP contribution is -2.52. The van der Waals surface area contributed by atoms with Gasteiger partial charge in [-0.2, -0.15) is 0 Å². The molecule has 0 heterocycles. The van der Waals surface area contributed by atoms with Crippen LogP contribution in [0.25, 0.3) is 0 Å². The lowest BCUT2D eigenvalue weighted by Gasteiger charge is -2.32. The maximum absolute atomic E-state index is 13.6. The Morgan fingerprint density at radius 3 is 2.32 bits per heavy atom. The van der Waals surface area contributed by atoms with Crippen molar-refractivity contribution in [2.24, 2.45) is 0 Å². The van der Waals surface area contributed by atoms with Crippen molar-refractivity contribution in [3.63, 3.8) is 0 Å². The Labute approximate surface area is 202 Å². The number of methoxy groups -OCH3 is 1. The lowest BCUT2D eigenvalue weighted by molar-refractivity contribution is -0.139. The summed E-state index contributed by atoms with van der Waals surface area (Å²) in [6.45, 7) is 8.66. The molecule has 0 aliphatic carbocycles. The van der Waals surface area contributed by atoms with E-state index in [0.717, 1.165) is 27.3 Å². The fraction of sp³-hybridized carbons (Fsp3) is 0.440. The van der Waals surface area contributed by atoms with Crippen LogP contribution < -0.4 is 14.4 Å². The van der Waals surface area contributed by atoms with Gasteiger partial charge in [0.15, 0.2) is 0 Å². The van der Waals surface area contributed by atoms with Crippen LogP contribution in [0.15, 0.2) is 42.5 Å². The van der Waals surface area contributed by atoms with Gasteiger partial charge in [0.1, 0.15) is 18.3 Å². The highest BCUT2D eigenvalue weighted by molar-refractivity contribution is 7.92. The maximum atomic E-state index is 13.6. The van der Waals surface area contributed by atoms with E-state index in [1.807, 2.05) is 39.0 Å². The summed E-state index contributed by atoms with van der Waals surface area (Å²) in [4.78, 5) is 27.8. The standard InChI is InChI=1S/C25H35N3O5S/c1-17(2)26-25(30)20(5)27(15-21-9-8-10-22(14-21)33-6)24(29)16-28(34(7,31)32)23-13-18(3)11-12-19(23)4/h8-14,17,20H,15-16H2,1-7H3,(H,26,30)/t20-/m1/s1. The smallest absolute Gasteiger partial charge is 0.244 e. The van der Waals surface area contributed by atoms with Crippen molar-refractivity contribution in [3.8, 4) is 5.75 Å². The molecule has 9 heteroatoms. The Morgan fingerprint density at radius 1 is 1.06 bits per heavy atom. The number of anilines is 1. The van der Waals surface area contributed by atoms with Crippen LogP contribution in [-0.4, -0.2) is 57.1 Å². The van der Waals surface area contributed by atoms with Crippen molar-refractivity contribution in [2.45, 2.75) is 53.2 Å². The van der Waals surface area contributed by atoms with Crippen molar-refractivity contribution >= 4 is 27.5 Å². The Kier molecular flexibility index (Phi) is 9.09. The number of carbonyl (C=O) groups is 2. The van der Waals surface area contributed by atoms with Gasteiger partial charge in [-0.15, -0.1) is 0 Å². The molecule has 0 aromatic heterocycles.